The first-order chi connectivity index (χ1) is 7.36. The molecular formula is C11H19N3OS. The topological polar surface area (TPSA) is 68.0 Å². The number of rotatable bonds is 4. The van der Waals surface area contributed by atoms with Crippen molar-refractivity contribution in [2.75, 3.05) is 6.54 Å². The molecule has 3 N–H and O–H groups in total. The Kier molecular flexibility index (Phi) is 4.04. The summed E-state index contributed by atoms with van der Waals surface area (Å²) in [4.78, 5) is 17.2. The van der Waals surface area contributed by atoms with E-state index in [1.807, 2.05) is 27.7 Å². The molecule has 4 nitrogen and oxygen atoms in total. The molecule has 1 amide bonds. The Morgan fingerprint density at radius 1 is 1.50 bits per heavy atom. The predicted molar refractivity (Wildman–Crippen MR) is 66.4 cm³/mol. The van der Waals surface area contributed by atoms with Crippen molar-refractivity contribution in [2.24, 2.45) is 5.73 Å². The monoisotopic (exact) mass is 241 g/mol. The third-order valence-corrected chi connectivity index (χ3v) is 3.78. The van der Waals surface area contributed by atoms with Crippen molar-refractivity contribution in [2.45, 2.75) is 39.7 Å². The average Bonchev–Trinajstić information content (AvgIpc) is 2.47. The molecule has 0 aliphatic rings. The molecule has 1 heterocycles. The van der Waals surface area contributed by atoms with Gasteiger partial charge in [0.25, 0.3) is 0 Å². The average molecular weight is 241 g/mol. The van der Waals surface area contributed by atoms with E-state index in [4.69, 9.17) is 5.73 Å². The lowest BCUT2D eigenvalue weighted by atomic mass is 10.1. The van der Waals surface area contributed by atoms with E-state index in [9.17, 15) is 4.79 Å². The van der Waals surface area contributed by atoms with Crippen LogP contribution in [0.5, 0.6) is 0 Å². The van der Waals surface area contributed by atoms with E-state index in [0.29, 0.717) is 13.0 Å². The molecule has 90 valence electrons. The largest absolute Gasteiger partial charge is 0.345 e. The van der Waals surface area contributed by atoms with E-state index in [1.54, 1.807) is 11.3 Å². The van der Waals surface area contributed by atoms with Gasteiger partial charge in [-0.1, -0.05) is 0 Å². The Hall–Kier alpha value is -0.940. The summed E-state index contributed by atoms with van der Waals surface area (Å²) in [5.74, 6) is -0.0296. The van der Waals surface area contributed by atoms with Gasteiger partial charge in [-0.15, -0.1) is 11.3 Å². The minimum atomic E-state index is -0.421. The molecule has 0 saturated heterocycles. The van der Waals surface area contributed by atoms with Crippen LogP contribution in [0.25, 0.3) is 0 Å². The fourth-order valence-corrected chi connectivity index (χ4v) is 2.31. The van der Waals surface area contributed by atoms with E-state index in [0.717, 1.165) is 10.7 Å². The zero-order valence-electron chi connectivity index (χ0n) is 10.3. The van der Waals surface area contributed by atoms with Gasteiger partial charge in [0.2, 0.25) is 5.91 Å². The number of carbonyl (C=O) groups is 1. The van der Waals surface area contributed by atoms with Crippen molar-refractivity contribution in [1.82, 2.24) is 10.3 Å². The Morgan fingerprint density at radius 3 is 2.56 bits per heavy atom. The summed E-state index contributed by atoms with van der Waals surface area (Å²) in [7, 11) is 0. The third-order valence-electron chi connectivity index (χ3n) is 2.39. The van der Waals surface area contributed by atoms with Crippen LogP contribution in [0.3, 0.4) is 0 Å². The molecule has 0 unspecified atom stereocenters. The standard InChI is InChI=1S/C11H19N3OS/c1-7-8(2)16-10(13-7)11(3,4)14-9(15)5-6-12/h5-6,12H2,1-4H3,(H,14,15). The van der Waals surface area contributed by atoms with Crippen LogP contribution in [0, 0.1) is 13.8 Å². The summed E-state index contributed by atoms with van der Waals surface area (Å²) in [5, 5.41) is 3.88. The normalized spacial score (nSPS) is 11.6. The van der Waals surface area contributed by atoms with Crippen LogP contribution in [-0.4, -0.2) is 17.4 Å². The van der Waals surface area contributed by atoms with Gasteiger partial charge < -0.3 is 11.1 Å². The molecule has 0 aliphatic heterocycles. The summed E-state index contributed by atoms with van der Waals surface area (Å²) < 4.78 is 0. The SMILES string of the molecule is Cc1nc(C(C)(C)NC(=O)CCN)sc1C. The maximum absolute atomic E-state index is 11.5. The number of aryl methyl sites for hydroxylation is 2. The molecule has 0 bridgehead atoms. The van der Waals surface area contributed by atoms with Gasteiger partial charge in [-0.05, 0) is 27.7 Å². The van der Waals surface area contributed by atoms with Gasteiger partial charge in [0, 0.05) is 17.8 Å². The molecule has 0 radical (unpaired) electrons. The second-order valence-electron chi connectivity index (χ2n) is 4.37. The Bertz CT molecular complexity index is 365. The lowest BCUT2D eigenvalue weighted by molar-refractivity contribution is -0.122. The van der Waals surface area contributed by atoms with Gasteiger partial charge in [-0.3, -0.25) is 4.79 Å². The first kappa shape index (κ1) is 13.1. The maximum Gasteiger partial charge on any atom is 0.222 e. The molecule has 1 aromatic rings. The van der Waals surface area contributed by atoms with E-state index in [2.05, 4.69) is 10.3 Å². The quantitative estimate of drug-likeness (QED) is 0.838. The number of nitrogens with one attached hydrogen (secondary N) is 1. The number of nitrogens with two attached hydrogens (primary N) is 1. The maximum atomic E-state index is 11.5. The zero-order valence-corrected chi connectivity index (χ0v) is 11.1. The van der Waals surface area contributed by atoms with Gasteiger partial charge in [0.1, 0.15) is 5.01 Å². The Balaban J connectivity index is 2.80. The van der Waals surface area contributed by atoms with Crippen molar-refractivity contribution in [1.29, 1.82) is 0 Å². The molecule has 0 aliphatic carbocycles. The minimum Gasteiger partial charge on any atom is -0.345 e. The number of hydrogen-bond donors (Lipinski definition) is 2. The second-order valence-corrected chi connectivity index (χ2v) is 5.58. The minimum absolute atomic E-state index is 0.0296. The van der Waals surface area contributed by atoms with E-state index in [-0.39, 0.29) is 5.91 Å². The first-order valence-electron chi connectivity index (χ1n) is 5.32. The molecule has 0 spiro atoms. The summed E-state index contributed by atoms with van der Waals surface area (Å²) >= 11 is 1.62. The fourth-order valence-electron chi connectivity index (χ4n) is 1.34. The van der Waals surface area contributed by atoms with Gasteiger partial charge in [-0.25, -0.2) is 4.98 Å². The molecule has 1 aromatic heterocycles. The fraction of sp³-hybridized carbons (Fsp3) is 0.636. The molecule has 0 atom stereocenters. The number of carbonyl (C=O) groups excluding carboxylic acids is 1. The summed E-state index contributed by atoms with van der Waals surface area (Å²) in [6.45, 7) is 8.30. The summed E-state index contributed by atoms with van der Waals surface area (Å²) in [6.07, 6.45) is 0.354. The molecule has 0 aromatic carbocycles. The van der Waals surface area contributed by atoms with Gasteiger partial charge in [-0.2, -0.15) is 0 Å². The second kappa shape index (κ2) is 4.93. The van der Waals surface area contributed by atoms with Crippen molar-refractivity contribution in [3.63, 3.8) is 0 Å². The molecular weight excluding hydrogens is 222 g/mol. The molecule has 0 fully saturated rings. The van der Waals surface area contributed by atoms with Crippen molar-refractivity contribution in [3.8, 4) is 0 Å². The molecule has 16 heavy (non-hydrogen) atoms. The van der Waals surface area contributed by atoms with Crippen LogP contribution in [0.2, 0.25) is 0 Å². The van der Waals surface area contributed by atoms with Gasteiger partial charge >= 0.3 is 0 Å². The number of hydrogen-bond acceptors (Lipinski definition) is 4. The predicted octanol–water partition coefficient (Wildman–Crippen LogP) is 1.46. The Labute approximate surface area is 100 Å². The van der Waals surface area contributed by atoms with Crippen LogP contribution in [0.1, 0.15) is 35.8 Å². The molecule has 5 heteroatoms. The molecule has 1 rings (SSSR count). The number of thiazole rings is 1. The smallest absolute Gasteiger partial charge is 0.222 e. The van der Waals surface area contributed by atoms with Crippen LogP contribution >= 0.6 is 11.3 Å². The summed E-state index contributed by atoms with van der Waals surface area (Å²) in [5.41, 5.74) is 5.95. The number of amides is 1. The van der Waals surface area contributed by atoms with Crippen molar-refractivity contribution < 1.29 is 4.79 Å². The summed E-state index contributed by atoms with van der Waals surface area (Å²) in [6, 6.07) is 0. The first-order valence-corrected chi connectivity index (χ1v) is 6.14. The highest BCUT2D eigenvalue weighted by Crippen LogP contribution is 2.27. The van der Waals surface area contributed by atoms with Crippen LogP contribution in [0.4, 0.5) is 0 Å². The van der Waals surface area contributed by atoms with Crippen molar-refractivity contribution >= 4 is 17.2 Å². The van der Waals surface area contributed by atoms with Crippen LogP contribution in [0.15, 0.2) is 0 Å². The lowest BCUT2D eigenvalue weighted by Crippen LogP contribution is -2.41. The van der Waals surface area contributed by atoms with E-state index in [1.165, 1.54) is 4.88 Å². The zero-order chi connectivity index (χ0) is 12.3. The number of nitrogens with zero attached hydrogens (tertiary/aromatic N) is 1. The third kappa shape index (κ3) is 3.02. The highest BCUT2D eigenvalue weighted by atomic mass is 32.1. The Morgan fingerprint density at radius 2 is 2.12 bits per heavy atom. The highest BCUT2D eigenvalue weighted by Gasteiger charge is 2.26. The van der Waals surface area contributed by atoms with E-state index < -0.39 is 5.54 Å². The van der Waals surface area contributed by atoms with Crippen molar-refractivity contribution in [3.05, 3.63) is 15.6 Å². The lowest BCUT2D eigenvalue weighted by Gasteiger charge is -2.23. The molecule has 0 saturated carbocycles. The van der Waals surface area contributed by atoms with Crippen LogP contribution < -0.4 is 11.1 Å². The van der Waals surface area contributed by atoms with Gasteiger partial charge in [0.05, 0.1) is 11.2 Å². The van der Waals surface area contributed by atoms with Gasteiger partial charge in [0.15, 0.2) is 0 Å². The van der Waals surface area contributed by atoms with Crippen LogP contribution in [-0.2, 0) is 10.3 Å². The van der Waals surface area contributed by atoms with E-state index >= 15 is 0 Å². The highest BCUT2D eigenvalue weighted by molar-refractivity contribution is 7.11. The number of aromatic nitrogens is 1.